The van der Waals surface area contributed by atoms with Crippen LogP contribution in [0, 0.1) is 0 Å². The van der Waals surface area contributed by atoms with Crippen LogP contribution in [0.1, 0.15) is 285 Å². The molecule has 5 aromatic rings. The Labute approximate surface area is 721 Å². The number of ether oxygens (including phenoxy) is 5. The van der Waals surface area contributed by atoms with Crippen molar-refractivity contribution in [2.75, 3.05) is 62.4 Å². The van der Waals surface area contributed by atoms with Crippen molar-refractivity contribution in [3.63, 3.8) is 0 Å². The van der Waals surface area contributed by atoms with Gasteiger partial charge in [0.25, 0.3) is 0 Å². The largest absolute Gasteiger partial charge is 0.416 e. The number of alkyl halides is 9. The molecule has 1 saturated heterocycles. The molecule has 12 rings (SSSR count). The van der Waals surface area contributed by atoms with Crippen molar-refractivity contribution < 1.29 is 63.2 Å². The molecule has 23 heteroatoms. The van der Waals surface area contributed by atoms with Gasteiger partial charge in [0.05, 0.1) is 87.3 Å². The standard InChI is InChI=1S/2C21H30F3NO.C18H25ClF3NO.C18H28ClNO.C17H25Cl2NO/c1-14(2)26-20-11-10-16(13-19(20)25(3)18-8-5-9-18)15-6-4-7-17(12-15)21(22,23)24;1-15(2)26-20-10-9-17(14-19(20)25-11-4-3-5-12-25)16-7-6-8-18(13-16)21(22,23)24;1-11(2)24-17-8-5-12(9-16(17)23(3)4)14-10-13(18(20,21)22)6-7-15(14)19;1-18(2,3)21-17-10-9-14(12-16(17)20(4)5)13-7-6-8-15(19)11-13;1-11(2)21-17-8-6-13(10-16(17)20(3)4)12-5-7-14(18)15(19)9-12/h4,6-7,12,14,16,18-20H,5,8-11,13H2,1-3H3;6-8,13,15,17,19-20H,3-5,9-12,14H2,1-2H3;6-7,10-12,16-17H,5,8-9H2,1-4H3;6-8,11,14,16-17H,9-10,12H2,1-5H3;5,7,9,11,13,16-17H,6,8,10H2,1-4H3/t16-,19-,20-;17-,19-,20-;12-,16-,17-;14-,16-,17-;13-,16-,17-/m00000/s1. The van der Waals surface area contributed by atoms with Gasteiger partial charge < -0.3 is 38.4 Å². The van der Waals surface area contributed by atoms with Crippen LogP contribution in [0.4, 0.5) is 39.5 Å². The van der Waals surface area contributed by atoms with Crippen molar-refractivity contribution in [2.45, 2.75) is 356 Å². The first-order valence-electron chi connectivity index (χ1n) is 43.5. The molecule has 6 saturated carbocycles. The van der Waals surface area contributed by atoms with Crippen molar-refractivity contribution in [3.8, 4) is 0 Å². The van der Waals surface area contributed by atoms with Gasteiger partial charge in [0, 0.05) is 46.3 Å². The lowest BCUT2D eigenvalue weighted by Gasteiger charge is -2.47. The highest BCUT2D eigenvalue weighted by atomic mass is 35.5. The second-order valence-corrected chi connectivity index (χ2v) is 38.7. The summed E-state index contributed by atoms with van der Waals surface area (Å²) in [6.45, 7) is 25.0. The van der Waals surface area contributed by atoms with Crippen LogP contribution in [0.25, 0.3) is 0 Å². The molecule has 0 radical (unpaired) electrons. The number of likely N-dealkylation sites (tertiary alicyclic amines) is 1. The van der Waals surface area contributed by atoms with E-state index in [-0.39, 0.29) is 78.2 Å². The summed E-state index contributed by atoms with van der Waals surface area (Å²) in [5.41, 5.74) is 3.10. The zero-order valence-electron chi connectivity index (χ0n) is 73.4. The van der Waals surface area contributed by atoms with Gasteiger partial charge in [-0.3, -0.25) is 9.80 Å². The third-order valence-electron chi connectivity index (χ3n) is 25.0. The summed E-state index contributed by atoms with van der Waals surface area (Å²) in [6, 6.07) is 32.0. The van der Waals surface area contributed by atoms with Crippen molar-refractivity contribution in [3.05, 3.63) is 174 Å². The fourth-order valence-electron chi connectivity index (χ4n) is 19.0. The summed E-state index contributed by atoms with van der Waals surface area (Å²) in [6.07, 6.45) is 10.8. The first-order valence-corrected chi connectivity index (χ1v) is 45.0. The predicted octanol–water partition coefficient (Wildman–Crippen LogP) is 26.3. The lowest BCUT2D eigenvalue weighted by molar-refractivity contribution is -0.138. The van der Waals surface area contributed by atoms with E-state index < -0.39 is 35.2 Å². The van der Waals surface area contributed by atoms with E-state index in [2.05, 4.69) is 146 Å². The fourth-order valence-corrected chi connectivity index (χ4v) is 19.7. The minimum absolute atomic E-state index is 0.0132. The predicted molar refractivity (Wildman–Crippen MR) is 466 cm³/mol. The molecule has 118 heavy (non-hydrogen) atoms. The SMILES string of the molecule is CC(C)O[C@H]1CC[C@H](c2cc(C(F)(F)F)ccc2Cl)C[C@@H]1N(C)C.CC(C)O[C@H]1CC[C@H](c2ccc(Cl)c(Cl)c2)C[C@@H]1N(C)C.CC(C)O[C@H]1CC[C@H](c2cccc(C(F)(F)F)c2)C[C@@H]1N(C)C1CCC1.CC(C)O[C@H]1CC[C@H](c2cccc(C(F)(F)F)c2)C[C@@H]1N1CCCCC1.CN(C)[C@H]1C[C@@H](c2cccc(Cl)c2)CC[C@@H]1OC(C)(C)C. The Hall–Kier alpha value is -3.77. The third kappa shape index (κ3) is 30.3. The van der Waals surface area contributed by atoms with Gasteiger partial charge in [-0.05, 0) is 373 Å². The van der Waals surface area contributed by atoms with Crippen molar-refractivity contribution >= 4 is 46.4 Å². The molecule has 0 amide bonds. The normalized spacial score (nSPS) is 27.1. The van der Waals surface area contributed by atoms with Crippen LogP contribution in [-0.4, -0.2) is 184 Å². The van der Waals surface area contributed by atoms with E-state index in [1.807, 2.05) is 58.3 Å². The Morgan fingerprint density at radius 3 is 1.15 bits per heavy atom. The summed E-state index contributed by atoms with van der Waals surface area (Å²) in [5.74, 6) is 1.46. The van der Waals surface area contributed by atoms with E-state index in [1.54, 1.807) is 12.1 Å². The molecule has 10 nitrogen and oxygen atoms in total. The monoisotopic (exact) mass is 1740 g/mol. The molecule has 5 aromatic carbocycles. The Balaban J connectivity index is 0.000000184. The van der Waals surface area contributed by atoms with E-state index in [0.29, 0.717) is 68.8 Å². The minimum atomic E-state index is -4.35. The number of piperidine rings is 1. The quantitative estimate of drug-likeness (QED) is 0.0704. The molecule has 0 unspecified atom stereocenters. The summed E-state index contributed by atoms with van der Waals surface area (Å²) in [4.78, 5) is 11.7. The Bertz CT molecular complexity index is 3720. The maximum absolute atomic E-state index is 13.1. The van der Waals surface area contributed by atoms with Gasteiger partial charge in [0.1, 0.15) is 0 Å². The number of rotatable bonds is 20. The average Bonchev–Trinajstić information content (AvgIpc) is 0.836. The molecule has 15 atom stereocenters. The van der Waals surface area contributed by atoms with Gasteiger partial charge in [-0.25, -0.2) is 0 Å². The molecule has 7 aliphatic rings. The number of nitrogens with zero attached hydrogens (tertiary/aromatic N) is 5. The highest BCUT2D eigenvalue weighted by molar-refractivity contribution is 6.42. The van der Waals surface area contributed by atoms with Gasteiger partial charge in [-0.2, -0.15) is 39.5 Å². The molecule has 1 aliphatic heterocycles. The maximum Gasteiger partial charge on any atom is 0.416 e. The van der Waals surface area contributed by atoms with Crippen molar-refractivity contribution in [1.29, 1.82) is 0 Å². The van der Waals surface area contributed by atoms with E-state index in [1.165, 1.54) is 86.4 Å². The first-order chi connectivity index (χ1) is 55.3. The molecule has 7 fully saturated rings. The zero-order valence-corrected chi connectivity index (χ0v) is 76.4. The summed E-state index contributed by atoms with van der Waals surface area (Å²) < 4.78 is 148. The van der Waals surface area contributed by atoms with Crippen LogP contribution >= 0.6 is 46.4 Å². The summed E-state index contributed by atoms with van der Waals surface area (Å²) >= 11 is 24.5. The smallest absolute Gasteiger partial charge is 0.374 e. The molecule has 664 valence electrons. The summed E-state index contributed by atoms with van der Waals surface area (Å²) in [5, 5.41) is 2.52. The lowest BCUT2D eigenvalue weighted by atomic mass is 9.77. The number of hydrogen-bond acceptors (Lipinski definition) is 10. The van der Waals surface area contributed by atoms with Crippen LogP contribution < -0.4 is 0 Å². The van der Waals surface area contributed by atoms with E-state index in [0.717, 1.165) is 131 Å². The number of halogens is 13. The molecule has 0 N–H and O–H groups in total. The van der Waals surface area contributed by atoms with Gasteiger partial charge in [0.2, 0.25) is 0 Å². The van der Waals surface area contributed by atoms with E-state index in [9.17, 15) is 39.5 Å². The minimum Gasteiger partial charge on any atom is -0.374 e. The van der Waals surface area contributed by atoms with Gasteiger partial charge in [-0.1, -0.05) is 114 Å². The number of benzene rings is 5. The molecule has 0 aromatic heterocycles. The molecule has 1 heterocycles. The highest BCUT2D eigenvalue weighted by Crippen LogP contribution is 2.47. The van der Waals surface area contributed by atoms with Gasteiger partial charge >= 0.3 is 18.5 Å². The molecule has 0 bridgehead atoms. The Morgan fingerprint density at radius 2 is 0.729 bits per heavy atom. The molecular weight excluding hydrogens is 1600 g/mol. The first kappa shape index (κ1) is 99.7. The Kier molecular flexibility index (Phi) is 38.3. The lowest BCUT2D eigenvalue weighted by Crippen LogP contribution is -2.52. The zero-order chi connectivity index (χ0) is 86.9. The second-order valence-electron chi connectivity index (χ2n) is 37.0. The van der Waals surface area contributed by atoms with E-state index in [4.69, 9.17) is 70.1 Å². The van der Waals surface area contributed by atoms with E-state index >= 15 is 0 Å². The fraction of sp³-hybridized carbons (Fsp3) is 0.684. The second kappa shape index (κ2) is 45.4. The summed E-state index contributed by atoms with van der Waals surface area (Å²) in [7, 11) is 14.7. The highest BCUT2D eigenvalue weighted by Gasteiger charge is 2.44. The molecule has 0 spiro atoms. The van der Waals surface area contributed by atoms with Crippen LogP contribution in [0.2, 0.25) is 20.1 Å². The average molecular weight is 1740 g/mol. The van der Waals surface area contributed by atoms with Crippen LogP contribution in [0.5, 0.6) is 0 Å². The maximum atomic E-state index is 13.1. The number of likely N-dealkylation sites (N-methyl/N-ethyl adjacent to an activating group) is 4. The topological polar surface area (TPSA) is 62.4 Å². The van der Waals surface area contributed by atoms with Crippen LogP contribution in [-0.2, 0) is 42.2 Å². The van der Waals surface area contributed by atoms with Crippen molar-refractivity contribution in [1.82, 2.24) is 24.5 Å². The van der Waals surface area contributed by atoms with Gasteiger partial charge in [-0.15, -0.1) is 0 Å². The van der Waals surface area contributed by atoms with Crippen LogP contribution in [0.3, 0.4) is 0 Å². The third-order valence-corrected chi connectivity index (χ3v) is 26.3. The Morgan fingerprint density at radius 1 is 0.356 bits per heavy atom. The van der Waals surface area contributed by atoms with Crippen molar-refractivity contribution in [2.24, 2.45) is 0 Å². The van der Waals surface area contributed by atoms with Crippen LogP contribution in [0.15, 0.2) is 109 Å². The molecule has 6 aliphatic carbocycles. The van der Waals surface area contributed by atoms with Gasteiger partial charge in [0.15, 0.2) is 0 Å². The number of hydrogen-bond donors (Lipinski definition) is 0. The molecular formula is C95H138Cl4F9N5O5.